The van der Waals surface area contributed by atoms with Crippen LogP contribution in [0.15, 0.2) is 24.3 Å². The lowest BCUT2D eigenvalue weighted by Crippen LogP contribution is -1.97. The Hall–Kier alpha value is -0.980. The van der Waals surface area contributed by atoms with Gasteiger partial charge in [0.1, 0.15) is 5.75 Å². The standard InChI is InChI=1S/C11H16O/c1-3-4-9-12-11-8-6-5-7-10(11)2/h5-8H,3-4,9H2,1-2H3. The average molecular weight is 164 g/mol. The molecule has 0 amide bonds. The Morgan fingerprint density at radius 3 is 2.67 bits per heavy atom. The molecule has 0 spiro atoms. The van der Waals surface area contributed by atoms with Gasteiger partial charge in [-0.2, -0.15) is 0 Å². The summed E-state index contributed by atoms with van der Waals surface area (Å²) in [5, 5.41) is 0. The first-order valence-corrected chi connectivity index (χ1v) is 4.53. The zero-order valence-electron chi connectivity index (χ0n) is 7.84. The van der Waals surface area contributed by atoms with Gasteiger partial charge >= 0.3 is 0 Å². The molecular formula is C11H16O. The van der Waals surface area contributed by atoms with E-state index in [2.05, 4.69) is 19.9 Å². The molecule has 0 aromatic heterocycles. The summed E-state index contributed by atoms with van der Waals surface area (Å²) in [5.41, 5.74) is 1.22. The molecule has 0 N–H and O–H groups in total. The fourth-order valence-corrected chi connectivity index (χ4v) is 1.04. The molecule has 0 bridgehead atoms. The van der Waals surface area contributed by atoms with Gasteiger partial charge in [-0.25, -0.2) is 0 Å². The van der Waals surface area contributed by atoms with Crippen LogP contribution in [0, 0.1) is 6.92 Å². The highest BCUT2D eigenvalue weighted by atomic mass is 16.5. The zero-order chi connectivity index (χ0) is 8.81. The molecule has 0 saturated heterocycles. The third-order valence-electron chi connectivity index (χ3n) is 1.85. The summed E-state index contributed by atoms with van der Waals surface area (Å²) in [5.74, 6) is 1.02. The predicted octanol–water partition coefficient (Wildman–Crippen LogP) is 3.17. The molecule has 12 heavy (non-hydrogen) atoms. The van der Waals surface area contributed by atoms with Gasteiger partial charge in [0.05, 0.1) is 6.61 Å². The Morgan fingerprint density at radius 1 is 1.25 bits per heavy atom. The molecule has 1 nitrogen and oxygen atoms in total. The number of rotatable bonds is 4. The molecule has 0 unspecified atom stereocenters. The van der Waals surface area contributed by atoms with E-state index >= 15 is 0 Å². The molecule has 1 aromatic carbocycles. The minimum absolute atomic E-state index is 0.835. The first-order chi connectivity index (χ1) is 5.84. The van der Waals surface area contributed by atoms with Crippen LogP contribution in [-0.4, -0.2) is 6.61 Å². The van der Waals surface area contributed by atoms with Crippen molar-refractivity contribution < 1.29 is 4.74 Å². The van der Waals surface area contributed by atoms with Gasteiger partial charge < -0.3 is 4.74 Å². The van der Waals surface area contributed by atoms with Crippen LogP contribution in [0.2, 0.25) is 0 Å². The second-order valence-corrected chi connectivity index (χ2v) is 2.97. The second kappa shape index (κ2) is 4.81. The van der Waals surface area contributed by atoms with Gasteiger partial charge in [-0.3, -0.25) is 0 Å². The largest absolute Gasteiger partial charge is 0.493 e. The zero-order valence-corrected chi connectivity index (χ0v) is 7.84. The van der Waals surface area contributed by atoms with Gasteiger partial charge in [-0.15, -0.1) is 0 Å². The van der Waals surface area contributed by atoms with Gasteiger partial charge in [0.2, 0.25) is 0 Å². The van der Waals surface area contributed by atoms with Crippen molar-refractivity contribution >= 4 is 0 Å². The highest BCUT2D eigenvalue weighted by Crippen LogP contribution is 2.16. The molecule has 0 aliphatic carbocycles. The van der Waals surface area contributed by atoms with Crippen molar-refractivity contribution in [2.24, 2.45) is 0 Å². The first kappa shape index (κ1) is 9.11. The fourth-order valence-electron chi connectivity index (χ4n) is 1.04. The normalized spacial score (nSPS) is 9.83. The van der Waals surface area contributed by atoms with Gasteiger partial charge in [-0.1, -0.05) is 31.5 Å². The summed E-state index contributed by atoms with van der Waals surface area (Å²) >= 11 is 0. The average Bonchev–Trinajstić information content (AvgIpc) is 2.09. The number of hydrogen-bond acceptors (Lipinski definition) is 1. The van der Waals surface area contributed by atoms with Crippen LogP contribution in [0.3, 0.4) is 0 Å². The Morgan fingerprint density at radius 2 is 2.00 bits per heavy atom. The third-order valence-corrected chi connectivity index (χ3v) is 1.85. The maximum absolute atomic E-state index is 5.58. The third kappa shape index (κ3) is 2.57. The molecule has 0 radical (unpaired) electrons. The number of ether oxygens (including phenoxy) is 1. The van der Waals surface area contributed by atoms with Crippen molar-refractivity contribution in [3.8, 4) is 5.75 Å². The minimum atomic E-state index is 0.835. The molecule has 0 fully saturated rings. The Balaban J connectivity index is 2.46. The van der Waals surface area contributed by atoms with Gasteiger partial charge in [0, 0.05) is 0 Å². The summed E-state index contributed by atoms with van der Waals surface area (Å²) in [7, 11) is 0. The lowest BCUT2D eigenvalue weighted by molar-refractivity contribution is 0.307. The summed E-state index contributed by atoms with van der Waals surface area (Å²) in [6, 6.07) is 8.13. The number of para-hydroxylation sites is 1. The SMILES string of the molecule is CCCCOc1ccccc1C. The summed E-state index contributed by atoms with van der Waals surface area (Å²) in [4.78, 5) is 0. The van der Waals surface area contributed by atoms with Gasteiger partial charge in [0.15, 0.2) is 0 Å². The summed E-state index contributed by atoms with van der Waals surface area (Å²) < 4.78 is 5.58. The number of benzene rings is 1. The molecule has 1 rings (SSSR count). The van der Waals surface area contributed by atoms with E-state index in [4.69, 9.17) is 4.74 Å². The van der Waals surface area contributed by atoms with Crippen molar-refractivity contribution in [3.05, 3.63) is 29.8 Å². The van der Waals surface area contributed by atoms with E-state index in [1.165, 1.54) is 12.0 Å². The highest BCUT2D eigenvalue weighted by Gasteiger charge is 1.95. The van der Waals surface area contributed by atoms with E-state index in [1.807, 2.05) is 18.2 Å². The van der Waals surface area contributed by atoms with Crippen molar-refractivity contribution in [1.29, 1.82) is 0 Å². The molecule has 0 heterocycles. The first-order valence-electron chi connectivity index (χ1n) is 4.53. The maximum Gasteiger partial charge on any atom is 0.122 e. The molecule has 0 aliphatic rings. The van der Waals surface area contributed by atoms with E-state index in [9.17, 15) is 0 Å². The van der Waals surface area contributed by atoms with Gasteiger partial charge in [0.25, 0.3) is 0 Å². The van der Waals surface area contributed by atoms with Crippen LogP contribution < -0.4 is 4.74 Å². The van der Waals surface area contributed by atoms with E-state index in [0.717, 1.165) is 18.8 Å². The van der Waals surface area contributed by atoms with E-state index in [-0.39, 0.29) is 0 Å². The number of aryl methyl sites for hydroxylation is 1. The van der Waals surface area contributed by atoms with Crippen molar-refractivity contribution in [3.63, 3.8) is 0 Å². The molecule has 1 aromatic rings. The Bertz CT molecular complexity index is 230. The fraction of sp³-hybridized carbons (Fsp3) is 0.455. The number of unbranched alkanes of at least 4 members (excludes halogenated alkanes) is 1. The summed E-state index contributed by atoms with van der Waals surface area (Å²) in [6.45, 7) is 5.07. The molecule has 1 heteroatoms. The molecule has 66 valence electrons. The quantitative estimate of drug-likeness (QED) is 0.621. The van der Waals surface area contributed by atoms with Crippen molar-refractivity contribution in [1.82, 2.24) is 0 Å². The van der Waals surface area contributed by atoms with Crippen LogP contribution in [0.25, 0.3) is 0 Å². The monoisotopic (exact) mass is 164 g/mol. The van der Waals surface area contributed by atoms with Crippen LogP contribution in [0.5, 0.6) is 5.75 Å². The topological polar surface area (TPSA) is 9.23 Å². The van der Waals surface area contributed by atoms with Crippen LogP contribution in [0.1, 0.15) is 25.3 Å². The van der Waals surface area contributed by atoms with E-state index in [1.54, 1.807) is 0 Å². The molecule has 0 aliphatic heterocycles. The van der Waals surface area contributed by atoms with Crippen molar-refractivity contribution in [2.75, 3.05) is 6.61 Å². The van der Waals surface area contributed by atoms with E-state index < -0.39 is 0 Å². The lowest BCUT2D eigenvalue weighted by atomic mass is 10.2. The highest BCUT2D eigenvalue weighted by molar-refractivity contribution is 5.31. The van der Waals surface area contributed by atoms with Crippen LogP contribution in [-0.2, 0) is 0 Å². The number of hydrogen-bond donors (Lipinski definition) is 0. The predicted molar refractivity (Wildman–Crippen MR) is 51.6 cm³/mol. The second-order valence-electron chi connectivity index (χ2n) is 2.97. The van der Waals surface area contributed by atoms with Crippen molar-refractivity contribution in [2.45, 2.75) is 26.7 Å². The molecule has 0 saturated carbocycles. The Kier molecular flexibility index (Phi) is 3.65. The molecule has 0 atom stereocenters. The van der Waals surface area contributed by atoms with Gasteiger partial charge in [-0.05, 0) is 25.0 Å². The molecular weight excluding hydrogens is 148 g/mol. The summed E-state index contributed by atoms with van der Waals surface area (Å²) in [6.07, 6.45) is 2.32. The van der Waals surface area contributed by atoms with Crippen LogP contribution in [0.4, 0.5) is 0 Å². The maximum atomic E-state index is 5.58. The minimum Gasteiger partial charge on any atom is -0.493 e. The Labute approximate surface area is 74.4 Å². The van der Waals surface area contributed by atoms with Crippen LogP contribution >= 0.6 is 0 Å². The smallest absolute Gasteiger partial charge is 0.122 e. The lowest BCUT2D eigenvalue weighted by Gasteiger charge is -2.07. The van der Waals surface area contributed by atoms with E-state index in [0.29, 0.717) is 0 Å².